The van der Waals surface area contributed by atoms with Gasteiger partial charge in [-0.3, -0.25) is 25.0 Å². The Morgan fingerprint density at radius 2 is 1.56 bits per heavy atom. The average molecular weight is 345 g/mol. The summed E-state index contributed by atoms with van der Waals surface area (Å²) in [5.41, 5.74) is 0.890. The number of nitro groups is 2. The van der Waals surface area contributed by atoms with Gasteiger partial charge in [0, 0.05) is 12.1 Å². The second-order valence-corrected chi connectivity index (χ2v) is 5.34. The minimum atomic E-state index is -0.665. The Hall–Kier alpha value is -3.49. The first-order chi connectivity index (χ1) is 11.8. The zero-order chi connectivity index (χ0) is 18.6. The third kappa shape index (κ3) is 4.50. The number of benzene rings is 2. The van der Waals surface area contributed by atoms with Crippen molar-refractivity contribution in [3.05, 3.63) is 67.8 Å². The lowest BCUT2D eigenvalue weighted by Gasteiger charge is -2.09. The number of carbonyl (C=O) groups excluding carboxylic acids is 1. The minimum absolute atomic E-state index is 0.0302. The monoisotopic (exact) mass is 345 g/mol. The third-order valence-electron chi connectivity index (χ3n) is 3.29. The number of aryl methyl sites for hydroxylation is 2. The van der Waals surface area contributed by atoms with E-state index in [4.69, 9.17) is 4.74 Å². The highest BCUT2D eigenvalue weighted by atomic mass is 16.6. The predicted octanol–water partition coefficient (Wildman–Crippen LogP) is 3.14. The molecular formula is C16H15N3O6. The number of nitrogens with zero attached hydrogens (tertiary/aromatic N) is 2. The quantitative estimate of drug-likeness (QED) is 0.633. The number of ether oxygens (including phenoxy) is 1. The van der Waals surface area contributed by atoms with Crippen molar-refractivity contribution in [2.75, 3.05) is 11.9 Å². The molecule has 2 aromatic carbocycles. The molecule has 1 amide bonds. The fourth-order valence-electron chi connectivity index (χ4n) is 2.12. The van der Waals surface area contributed by atoms with E-state index >= 15 is 0 Å². The Kier molecular flexibility index (Phi) is 5.28. The van der Waals surface area contributed by atoms with Gasteiger partial charge >= 0.3 is 5.69 Å². The van der Waals surface area contributed by atoms with E-state index in [0.717, 1.165) is 0 Å². The van der Waals surface area contributed by atoms with E-state index in [1.807, 2.05) is 0 Å². The summed E-state index contributed by atoms with van der Waals surface area (Å²) in [7, 11) is 0. The molecule has 0 atom stereocenters. The van der Waals surface area contributed by atoms with Crippen LogP contribution in [0.4, 0.5) is 17.1 Å². The SMILES string of the molecule is Cc1ccc(NC(=O)COc2ccc(C)cc2[N+](=O)[O-])c([N+](=O)[O-])c1. The lowest BCUT2D eigenvalue weighted by molar-refractivity contribution is -0.385. The van der Waals surface area contributed by atoms with Crippen molar-refractivity contribution < 1.29 is 19.4 Å². The van der Waals surface area contributed by atoms with Crippen LogP contribution in [0.1, 0.15) is 11.1 Å². The molecule has 0 aromatic heterocycles. The van der Waals surface area contributed by atoms with Crippen LogP contribution in [0.3, 0.4) is 0 Å². The molecular weight excluding hydrogens is 330 g/mol. The van der Waals surface area contributed by atoms with Crippen molar-refractivity contribution in [3.8, 4) is 5.75 Å². The Morgan fingerprint density at radius 1 is 1.00 bits per heavy atom. The highest BCUT2D eigenvalue weighted by Gasteiger charge is 2.19. The van der Waals surface area contributed by atoms with E-state index in [1.54, 1.807) is 26.0 Å². The summed E-state index contributed by atoms with van der Waals surface area (Å²) in [4.78, 5) is 32.8. The van der Waals surface area contributed by atoms with Crippen LogP contribution in [-0.4, -0.2) is 22.4 Å². The van der Waals surface area contributed by atoms with Gasteiger partial charge in [0.1, 0.15) is 5.69 Å². The van der Waals surface area contributed by atoms with Gasteiger partial charge in [-0.25, -0.2) is 0 Å². The molecule has 2 aromatic rings. The number of hydrogen-bond acceptors (Lipinski definition) is 6. The van der Waals surface area contributed by atoms with Gasteiger partial charge in [0.2, 0.25) is 0 Å². The van der Waals surface area contributed by atoms with Crippen molar-refractivity contribution in [3.63, 3.8) is 0 Å². The maximum Gasteiger partial charge on any atom is 0.311 e. The summed E-state index contributed by atoms with van der Waals surface area (Å²) in [6.07, 6.45) is 0. The lowest BCUT2D eigenvalue weighted by Crippen LogP contribution is -2.21. The maximum absolute atomic E-state index is 12.0. The summed E-state index contributed by atoms with van der Waals surface area (Å²) in [6, 6.07) is 8.72. The van der Waals surface area contributed by atoms with Gasteiger partial charge in [0.05, 0.1) is 9.85 Å². The Bertz CT molecular complexity index is 850. The second-order valence-electron chi connectivity index (χ2n) is 5.34. The molecule has 0 bridgehead atoms. The highest BCUT2D eigenvalue weighted by Crippen LogP contribution is 2.28. The zero-order valence-electron chi connectivity index (χ0n) is 13.5. The van der Waals surface area contributed by atoms with Crippen LogP contribution < -0.4 is 10.1 Å². The van der Waals surface area contributed by atoms with Crippen LogP contribution in [0, 0.1) is 34.1 Å². The molecule has 0 aliphatic rings. The van der Waals surface area contributed by atoms with Crippen molar-refractivity contribution in [1.82, 2.24) is 0 Å². The number of hydrogen-bond donors (Lipinski definition) is 1. The molecule has 0 radical (unpaired) electrons. The van der Waals surface area contributed by atoms with Gasteiger partial charge in [0.25, 0.3) is 11.6 Å². The van der Waals surface area contributed by atoms with E-state index in [0.29, 0.717) is 11.1 Å². The standard InChI is InChI=1S/C16H15N3O6/c1-10-3-5-12(13(7-10)18(21)22)17-16(20)9-25-15-6-4-11(2)8-14(15)19(23)24/h3-8H,9H2,1-2H3,(H,17,20). The fourth-order valence-corrected chi connectivity index (χ4v) is 2.12. The van der Waals surface area contributed by atoms with Crippen molar-refractivity contribution in [1.29, 1.82) is 0 Å². The molecule has 0 aliphatic carbocycles. The van der Waals surface area contributed by atoms with Crippen LogP contribution >= 0.6 is 0 Å². The summed E-state index contributed by atoms with van der Waals surface area (Å²) < 4.78 is 5.19. The maximum atomic E-state index is 12.0. The second kappa shape index (κ2) is 7.39. The van der Waals surface area contributed by atoms with Crippen molar-refractivity contribution >= 4 is 23.0 Å². The van der Waals surface area contributed by atoms with Gasteiger partial charge in [-0.1, -0.05) is 12.1 Å². The molecule has 0 fully saturated rings. The third-order valence-corrected chi connectivity index (χ3v) is 3.29. The van der Waals surface area contributed by atoms with Crippen molar-refractivity contribution in [2.45, 2.75) is 13.8 Å². The topological polar surface area (TPSA) is 125 Å². The number of rotatable bonds is 6. The molecule has 25 heavy (non-hydrogen) atoms. The molecule has 0 spiro atoms. The Balaban J connectivity index is 2.10. The molecule has 0 saturated heterocycles. The molecule has 9 heteroatoms. The average Bonchev–Trinajstić information content (AvgIpc) is 2.55. The van der Waals surface area contributed by atoms with Gasteiger partial charge in [-0.2, -0.15) is 0 Å². The van der Waals surface area contributed by atoms with Gasteiger partial charge in [-0.15, -0.1) is 0 Å². The molecule has 0 heterocycles. The molecule has 1 N–H and O–H groups in total. The molecule has 130 valence electrons. The van der Waals surface area contributed by atoms with Crippen LogP contribution in [0.25, 0.3) is 0 Å². The van der Waals surface area contributed by atoms with Crippen LogP contribution in [0.2, 0.25) is 0 Å². The van der Waals surface area contributed by atoms with E-state index in [2.05, 4.69) is 5.32 Å². The Morgan fingerprint density at radius 3 is 2.16 bits per heavy atom. The Labute approximate surface area is 142 Å². The molecule has 0 saturated carbocycles. The fraction of sp³-hybridized carbons (Fsp3) is 0.188. The first kappa shape index (κ1) is 17.9. The number of carbonyl (C=O) groups is 1. The van der Waals surface area contributed by atoms with Gasteiger partial charge in [-0.05, 0) is 37.1 Å². The predicted molar refractivity (Wildman–Crippen MR) is 89.8 cm³/mol. The van der Waals surface area contributed by atoms with Gasteiger partial charge in [0.15, 0.2) is 12.4 Å². The van der Waals surface area contributed by atoms with E-state index in [1.165, 1.54) is 24.3 Å². The van der Waals surface area contributed by atoms with Crippen LogP contribution in [0.5, 0.6) is 5.75 Å². The highest BCUT2D eigenvalue weighted by molar-refractivity contribution is 5.94. The smallest absolute Gasteiger partial charge is 0.311 e. The normalized spacial score (nSPS) is 10.2. The van der Waals surface area contributed by atoms with E-state index in [9.17, 15) is 25.0 Å². The summed E-state index contributed by atoms with van der Waals surface area (Å²) in [5.74, 6) is -0.717. The number of nitrogens with one attached hydrogen (secondary N) is 1. The van der Waals surface area contributed by atoms with Gasteiger partial charge < -0.3 is 10.1 Å². The lowest BCUT2D eigenvalue weighted by atomic mass is 10.2. The van der Waals surface area contributed by atoms with Crippen molar-refractivity contribution in [2.24, 2.45) is 0 Å². The summed E-state index contributed by atoms with van der Waals surface area (Å²) in [5, 5.41) is 24.4. The first-order valence-corrected chi connectivity index (χ1v) is 7.20. The first-order valence-electron chi connectivity index (χ1n) is 7.20. The molecule has 2 rings (SSSR count). The zero-order valence-corrected chi connectivity index (χ0v) is 13.5. The molecule has 0 aliphatic heterocycles. The van der Waals surface area contributed by atoms with Crippen LogP contribution in [-0.2, 0) is 4.79 Å². The summed E-state index contributed by atoms with van der Waals surface area (Å²) in [6.45, 7) is 2.87. The minimum Gasteiger partial charge on any atom is -0.477 e. The number of anilines is 1. The van der Waals surface area contributed by atoms with E-state index < -0.39 is 22.4 Å². The summed E-state index contributed by atoms with van der Waals surface area (Å²) >= 11 is 0. The van der Waals surface area contributed by atoms with E-state index in [-0.39, 0.29) is 22.8 Å². The molecule has 9 nitrogen and oxygen atoms in total. The largest absolute Gasteiger partial charge is 0.477 e. The van der Waals surface area contributed by atoms with Crippen LogP contribution in [0.15, 0.2) is 36.4 Å². The number of nitro benzene ring substituents is 2. The number of amides is 1. The molecule has 0 unspecified atom stereocenters.